The van der Waals surface area contributed by atoms with Crippen molar-refractivity contribution in [1.29, 1.82) is 0 Å². The number of benzene rings is 1. The predicted octanol–water partition coefficient (Wildman–Crippen LogP) is 3.74. The molecule has 98 valence electrons. The van der Waals surface area contributed by atoms with Crippen LogP contribution in [0.1, 0.15) is 30.9 Å². The average Bonchev–Trinajstić information content (AvgIpc) is 2.38. The molecule has 0 atom stereocenters. The first-order valence-electron chi connectivity index (χ1n) is 6.39. The van der Waals surface area contributed by atoms with Gasteiger partial charge in [-0.05, 0) is 36.1 Å². The van der Waals surface area contributed by atoms with Crippen molar-refractivity contribution in [1.82, 2.24) is 4.90 Å². The van der Waals surface area contributed by atoms with Crippen molar-refractivity contribution >= 4 is 22.0 Å². The summed E-state index contributed by atoms with van der Waals surface area (Å²) < 4.78 is 6.30. The number of unbranched alkanes of at least 4 members (excludes halogenated alkanes) is 1. The van der Waals surface area contributed by atoms with Gasteiger partial charge in [-0.3, -0.25) is 0 Å². The van der Waals surface area contributed by atoms with Gasteiger partial charge in [0.15, 0.2) is 0 Å². The first kappa shape index (κ1) is 13.4. The van der Waals surface area contributed by atoms with Gasteiger partial charge in [-0.25, -0.2) is 4.79 Å². The second-order valence-corrected chi connectivity index (χ2v) is 5.47. The summed E-state index contributed by atoms with van der Waals surface area (Å²) in [5, 5.41) is 0. The fourth-order valence-corrected chi connectivity index (χ4v) is 2.49. The second kappa shape index (κ2) is 6.23. The van der Waals surface area contributed by atoms with Crippen molar-refractivity contribution in [3.63, 3.8) is 0 Å². The SMILES string of the molecule is CCCCOC(=O)N1CCc2ccc(Br)cc2C1. The van der Waals surface area contributed by atoms with Crippen LogP contribution in [0.2, 0.25) is 0 Å². The Morgan fingerprint density at radius 3 is 3.06 bits per heavy atom. The van der Waals surface area contributed by atoms with E-state index < -0.39 is 0 Å². The van der Waals surface area contributed by atoms with E-state index >= 15 is 0 Å². The summed E-state index contributed by atoms with van der Waals surface area (Å²) in [5.41, 5.74) is 2.54. The van der Waals surface area contributed by atoms with Crippen LogP contribution in [0.15, 0.2) is 22.7 Å². The fraction of sp³-hybridized carbons (Fsp3) is 0.500. The van der Waals surface area contributed by atoms with Gasteiger partial charge in [0, 0.05) is 17.6 Å². The van der Waals surface area contributed by atoms with E-state index in [0.717, 1.165) is 30.3 Å². The van der Waals surface area contributed by atoms with E-state index in [-0.39, 0.29) is 6.09 Å². The van der Waals surface area contributed by atoms with Crippen molar-refractivity contribution in [2.45, 2.75) is 32.7 Å². The molecule has 1 aromatic rings. The van der Waals surface area contributed by atoms with Crippen molar-refractivity contribution in [2.24, 2.45) is 0 Å². The number of fused-ring (bicyclic) bond motifs is 1. The molecule has 0 spiro atoms. The molecule has 0 saturated heterocycles. The van der Waals surface area contributed by atoms with E-state index in [1.165, 1.54) is 11.1 Å². The number of nitrogens with zero attached hydrogens (tertiary/aromatic N) is 1. The molecule has 0 unspecified atom stereocenters. The Kier molecular flexibility index (Phi) is 4.64. The minimum absolute atomic E-state index is 0.186. The number of carbonyl (C=O) groups excluding carboxylic acids is 1. The molecule has 18 heavy (non-hydrogen) atoms. The largest absolute Gasteiger partial charge is 0.449 e. The Bertz CT molecular complexity index is 434. The molecule has 0 N–H and O–H groups in total. The Hall–Kier alpha value is -1.03. The normalized spacial score (nSPS) is 14.2. The maximum Gasteiger partial charge on any atom is 0.410 e. The maximum atomic E-state index is 11.9. The average molecular weight is 312 g/mol. The van der Waals surface area contributed by atoms with Crippen molar-refractivity contribution in [2.75, 3.05) is 13.2 Å². The van der Waals surface area contributed by atoms with Crippen LogP contribution in [-0.2, 0) is 17.7 Å². The highest BCUT2D eigenvalue weighted by Crippen LogP contribution is 2.23. The summed E-state index contributed by atoms with van der Waals surface area (Å²) in [4.78, 5) is 13.6. The number of hydrogen-bond donors (Lipinski definition) is 0. The van der Waals surface area contributed by atoms with Crippen LogP contribution in [0.4, 0.5) is 4.79 Å². The number of carbonyl (C=O) groups is 1. The maximum absolute atomic E-state index is 11.9. The zero-order valence-electron chi connectivity index (χ0n) is 10.6. The van der Waals surface area contributed by atoms with Crippen molar-refractivity contribution in [3.05, 3.63) is 33.8 Å². The van der Waals surface area contributed by atoms with Crippen LogP contribution in [0.25, 0.3) is 0 Å². The summed E-state index contributed by atoms with van der Waals surface area (Å²) in [6, 6.07) is 6.26. The molecule has 0 bridgehead atoms. The smallest absolute Gasteiger partial charge is 0.410 e. The highest BCUT2D eigenvalue weighted by molar-refractivity contribution is 9.10. The van der Waals surface area contributed by atoms with Gasteiger partial charge in [-0.2, -0.15) is 0 Å². The molecule has 0 aliphatic carbocycles. The van der Waals surface area contributed by atoms with Crippen LogP contribution in [0.3, 0.4) is 0 Å². The molecule has 0 radical (unpaired) electrons. The Morgan fingerprint density at radius 2 is 2.28 bits per heavy atom. The van der Waals surface area contributed by atoms with E-state index in [2.05, 4.69) is 35.0 Å². The van der Waals surface area contributed by atoms with E-state index in [9.17, 15) is 4.79 Å². The van der Waals surface area contributed by atoms with Crippen LogP contribution in [-0.4, -0.2) is 24.1 Å². The van der Waals surface area contributed by atoms with Gasteiger partial charge in [0.2, 0.25) is 0 Å². The molecule has 3 nitrogen and oxygen atoms in total. The molecule has 1 aliphatic rings. The second-order valence-electron chi connectivity index (χ2n) is 4.55. The van der Waals surface area contributed by atoms with E-state index in [0.29, 0.717) is 13.2 Å². The highest BCUT2D eigenvalue weighted by atomic mass is 79.9. The predicted molar refractivity (Wildman–Crippen MR) is 74.5 cm³/mol. The van der Waals surface area contributed by atoms with E-state index in [4.69, 9.17) is 4.74 Å². The van der Waals surface area contributed by atoms with Gasteiger partial charge in [0.05, 0.1) is 6.61 Å². The lowest BCUT2D eigenvalue weighted by molar-refractivity contribution is 0.0966. The fourth-order valence-electron chi connectivity index (χ4n) is 2.08. The van der Waals surface area contributed by atoms with Gasteiger partial charge < -0.3 is 9.64 Å². The molecule has 1 aromatic carbocycles. The number of rotatable bonds is 3. The highest BCUT2D eigenvalue weighted by Gasteiger charge is 2.21. The summed E-state index contributed by atoms with van der Waals surface area (Å²) >= 11 is 3.46. The number of amides is 1. The topological polar surface area (TPSA) is 29.5 Å². The lowest BCUT2D eigenvalue weighted by atomic mass is 10.0. The van der Waals surface area contributed by atoms with Gasteiger partial charge >= 0.3 is 6.09 Å². The van der Waals surface area contributed by atoms with Gasteiger partial charge in [0.1, 0.15) is 0 Å². The van der Waals surface area contributed by atoms with Gasteiger partial charge in [0.25, 0.3) is 0 Å². The standard InChI is InChI=1S/C14H18BrNO2/c1-2-3-8-18-14(17)16-7-6-11-4-5-13(15)9-12(11)10-16/h4-5,9H,2-3,6-8,10H2,1H3. The third kappa shape index (κ3) is 3.25. The van der Waals surface area contributed by atoms with Crippen LogP contribution in [0, 0.1) is 0 Å². The minimum Gasteiger partial charge on any atom is -0.449 e. The molecular formula is C14H18BrNO2. The summed E-state index contributed by atoms with van der Waals surface area (Å²) in [6.07, 6.45) is 2.70. The first-order valence-corrected chi connectivity index (χ1v) is 7.19. The van der Waals surface area contributed by atoms with Gasteiger partial charge in [-0.1, -0.05) is 35.3 Å². The third-order valence-corrected chi connectivity index (χ3v) is 3.66. The van der Waals surface area contributed by atoms with Crippen molar-refractivity contribution < 1.29 is 9.53 Å². The molecule has 0 saturated carbocycles. The van der Waals surface area contributed by atoms with Crippen LogP contribution < -0.4 is 0 Å². The number of ether oxygens (including phenoxy) is 1. The zero-order chi connectivity index (χ0) is 13.0. The molecule has 0 fully saturated rings. The van der Waals surface area contributed by atoms with Crippen molar-refractivity contribution in [3.8, 4) is 0 Å². The monoisotopic (exact) mass is 311 g/mol. The number of halogens is 1. The van der Waals surface area contributed by atoms with E-state index in [1.54, 1.807) is 4.90 Å². The quantitative estimate of drug-likeness (QED) is 0.796. The Morgan fingerprint density at radius 1 is 1.44 bits per heavy atom. The first-order chi connectivity index (χ1) is 8.70. The summed E-state index contributed by atoms with van der Waals surface area (Å²) in [5.74, 6) is 0. The minimum atomic E-state index is -0.186. The molecule has 1 heterocycles. The number of hydrogen-bond acceptors (Lipinski definition) is 2. The third-order valence-electron chi connectivity index (χ3n) is 3.16. The molecule has 4 heteroatoms. The Balaban J connectivity index is 1.96. The Labute approximate surface area is 116 Å². The molecule has 2 rings (SSSR count). The molecule has 1 aliphatic heterocycles. The molecule has 0 aromatic heterocycles. The van der Waals surface area contributed by atoms with Crippen LogP contribution >= 0.6 is 15.9 Å². The van der Waals surface area contributed by atoms with E-state index in [1.807, 2.05) is 6.07 Å². The zero-order valence-corrected chi connectivity index (χ0v) is 12.2. The summed E-state index contributed by atoms with van der Waals surface area (Å²) in [6.45, 7) is 4.01. The molecule has 1 amide bonds. The van der Waals surface area contributed by atoms with Gasteiger partial charge in [-0.15, -0.1) is 0 Å². The lowest BCUT2D eigenvalue weighted by Gasteiger charge is -2.28. The summed E-state index contributed by atoms with van der Waals surface area (Å²) in [7, 11) is 0. The molecular weight excluding hydrogens is 294 g/mol. The van der Waals surface area contributed by atoms with Crippen LogP contribution in [0.5, 0.6) is 0 Å². The lowest BCUT2D eigenvalue weighted by Crippen LogP contribution is -2.36.